The predicted octanol–water partition coefficient (Wildman–Crippen LogP) is -0.239. The van der Waals surface area contributed by atoms with E-state index >= 15 is 0 Å². The highest BCUT2D eigenvalue weighted by atomic mass is 16.2. The monoisotopic (exact) mass is 166 g/mol. The Kier molecular flexibility index (Phi) is 2.23. The second-order valence-electron chi connectivity index (χ2n) is 2.54. The summed E-state index contributed by atoms with van der Waals surface area (Å²) in [5, 5.41) is 0. The lowest BCUT2D eigenvalue weighted by atomic mass is 10.5. The second-order valence-corrected chi connectivity index (χ2v) is 2.54. The molecule has 64 valence electrons. The highest BCUT2D eigenvalue weighted by molar-refractivity contribution is 5.90. The molecule has 1 amide bonds. The van der Waals surface area contributed by atoms with Gasteiger partial charge in [-0.3, -0.25) is 4.79 Å². The standard InChI is InChI=1S/C7H10N4O/c1-11(2)7(12)6-9-3-5(8)4-10-6/h3-4H,8H2,1-2H3. The van der Waals surface area contributed by atoms with E-state index in [0.29, 0.717) is 5.69 Å². The molecule has 1 aromatic rings. The summed E-state index contributed by atoms with van der Waals surface area (Å²) >= 11 is 0. The first-order valence-electron chi connectivity index (χ1n) is 3.40. The lowest BCUT2D eigenvalue weighted by molar-refractivity contribution is 0.0816. The van der Waals surface area contributed by atoms with Crippen LogP contribution in [0.15, 0.2) is 12.4 Å². The third-order valence-electron chi connectivity index (χ3n) is 1.27. The summed E-state index contributed by atoms with van der Waals surface area (Å²) in [5.41, 5.74) is 5.80. The van der Waals surface area contributed by atoms with Gasteiger partial charge in [0.1, 0.15) is 0 Å². The average Bonchev–Trinajstić information content (AvgIpc) is 2.04. The van der Waals surface area contributed by atoms with Gasteiger partial charge in [-0.25, -0.2) is 9.97 Å². The molecule has 1 heterocycles. The Hall–Kier alpha value is -1.65. The van der Waals surface area contributed by atoms with Crippen molar-refractivity contribution in [2.24, 2.45) is 0 Å². The molecule has 12 heavy (non-hydrogen) atoms. The second kappa shape index (κ2) is 3.17. The number of nitrogens with zero attached hydrogens (tertiary/aromatic N) is 3. The molecule has 0 aliphatic rings. The van der Waals surface area contributed by atoms with Crippen molar-refractivity contribution in [3.8, 4) is 0 Å². The zero-order valence-corrected chi connectivity index (χ0v) is 6.98. The van der Waals surface area contributed by atoms with Crippen molar-refractivity contribution < 1.29 is 4.79 Å². The van der Waals surface area contributed by atoms with Crippen molar-refractivity contribution >= 4 is 11.6 Å². The molecule has 5 heteroatoms. The minimum atomic E-state index is -0.227. The fraction of sp³-hybridized carbons (Fsp3) is 0.286. The zero-order chi connectivity index (χ0) is 9.14. The fourth-order valence-corrected chi connectivity index (χ4v) is 0.648. The van der Waals surface area contributed by atoms with E-state index in [1.54, 1.807) is 14.1 Å². The normalized spacial score (nSPS) is 9.50. The number of nitrogens with two attached hydrogens (primary N) is 1. The maximum absolute atomic E-state index is 11.2. The Bertz CT molecular complexity index is 280. The Labute approximate surface area is 70.2 Å². The molecule has 0 radical (unpaired) electrons. The zero-order valence-electron chi connectivity index (χ0n) is 6.98. The van der Waals surface area contributed by atoms with E-state index in [2.05, 4.69) is 9.97 Å². The third kappa shape index (κ3) is 1.69. The number of carbonyl (C=O) groups excluding carboxylic acids is 1. The third-order valence-corrected chi connectivity index (χ3v) is 1.27. The number of aromatic nitrogens is 2. The maximum atomic E-state index is 11.2. The summed E-state index contributed by atoms with van der Waals surface area (Å²) in [4.78, 5) is 20.2. The van der Waals surface area contributed by atoms with Crippen molar-refractivity contribution in [3.05, 3.63) is 18.2 Å². The van der Waals surface area contributed by atoms with Crippen LogP contribution in [0.2, 0.25) is 0 Å². The largest absolute Gasteiger partial charge is 0.396 e. The molecule has 0 atom stereocenters. The first-order valence-corrected chi connectivity index (χ1v) is 3.40. The van der Waals surface area contributed by atoms with Crippen molar-refractivity contribution in [2.75, 3.05) is 19.8 Å². The van der Waals surface area contributed by atoms with Gasteiger partial charge in [-0.15, -0.1) is 0 Å². The van der Waals surface area contributed by atoms with Gasteiger partial charge in [-0.2, -0.15) is 0 Å². The van der Waals surface area contributed by atoms with Crippen LogP contribution < -0.4 is 5.73 Å². The molecule has 2 N–H and O–H groups in total. The van der Waals surface area contributed by atoms with Gasteiger partial charge in [0.15, 0.2) is 0 Å². The summed E-state index contributed by atoms with van der Waals surface area (Å²) in [6.45, 7) is 0. The van der Waals surface area contributed by atoms with Gasteiger partial charge in [0.25, 0.3) is 5.91 Å². The summed E-state index contributed by atoms with van der Waals surface area (Å²) in [5.74, 6) is -0.0656. The molecule has 0 bridgehead atoms. The number of anilines is 1. The van der Waals surface area contributed by atoms with Gasteiger partial charge < -0.3 is 10.6 Å². The highest BCUT2D eigenvalue weighted by Crippen LogP contribution is 1.97. The van der Waals surface area contributed by atoms with Crippen LogP contribution in [-0.2, 0) is 0 Å². The SMILES string of the molecule is CN(C)C(=O)c1ncc(N)cn1. The van der Waals surface area contributed by atoms with Gasteiger partial charge >= 0.3 is 0 Å². The molecule has 1 rings (SSSR count). The molecule has 0 saturated carbocycles. The van der Waals surface area contributed by atoms with Crippen LogP contribution in [0.1, 0.15) is 10.6 Å². The summed E-state index contributed by atoms with van der Waals surface area (Å²) in [6.07, 6.45) is 2.81. The molecule has 0 aliphatic carbocycles. The summed E-state index contributed by atoms with van der Waals surface area (Å²) < 4.78 is 0. The van der Waals surface area contributed by atoms with Crippen molar-refractivity contribution in [1.29, 1.82) is 0 Å². The quantitative estimate of drug-likeness (QED) is 0.625. The smallest absolute Gasteiger partial charge is 0.291 e. The number of amides is 1. The molecule has 0 unspecified atom stereocenters. The summed E-state index contributed by atoms with van der Waals surface area (Å²) in [6, 6.07) is 0. The van der Waals surface area contributed by atoms with E-state index in [0.717, 1.165) is 0 Å². The molecule has 0 fully saturated rings. The maximum Gasteiger partial charge on any atom is 0.291 e. The van der Waals surface area contributed by atoms with Gasteiger partial charge in [0.2, 0.25) is 5.82 Å². The van der Waals surface area contributed by atoms with Gasteiger partial charge in [-0.05, 0) is 0 Å². The number of carbonyl (C=O) groups is 1. The van der Waals surface area contributed by atoms with Crippen molar-refractivity contribution in [3.63, 3.8) is 0 Å². The lowest BCUT2D eigenvalue weighted by Crippen LogP contribution is -2.23. The molecule has 0 saturated heterocycles. The van der Waals surface area contributed by atoms with Crippen molar-refractivity contribution in [1.82, 2.24) is 14.9 Å². The Balaban J connectivity index is 2.90. The van der Waals surface area contributed by atoms with Crippen LogP contribution in [0.3, 0.4) is 0 Å². The van der Waals surface area contributed by atoms with E-state index in [1.165, 1.54) is 17.3 Å². The molecular weight excluding hydrogens is 156 g/mol. The van der Waals surface area contributed by atoms with E-state index < -0.39 is 0 Å². The van der Waals surface area contributed by atoms with E-state index in [-0.39, 0.29) is 11.7 Å². The topological polar surface area (TPSA) is 72.1 Å². The molecular formula is C7H10N4O. The Morgan fingerprint density at radius 2 is 1.92 bits per heavy atom. The predicted molar refractivity (Wildman–Crippen MR) is 44.5 cm³/mol. The summed E-state index contributed by atoms with van der Waals surface area (Å²) in [7, 11) is 3.28. The van der Waals surface area contributed by atoms with E-state index in [9.17, 15) is 4.79 Å². The van der Waals surface area contributed by atoms with Gasteiger partial charge in [-0.1, -0.05) is 0 Å². The minimum Gasteiger partial charge on any atom is -0.396 e. The van der Waals surface area contributed by atoms with Crippen LogP contribution in [0, 0.1) is 0 Å². The number of hydrogen-bond donors (Lipinski definition) is 1. The number of nitrogen functional groups attached to an aromatic ring is 1. The van der Waals surface area contributed by atoms with Crippen LogP contribution >= 0.6 is 0 Å². The highest BCUT2D eigenvalue weighted by Gasteiger charge is 2.09. The number of hydrogen-bond acceptors (Lipinski definition) is 4. The van der Waals surface area contributed by atoms with Gasteiger partial charge in [0.05, 0.1) is 18.1 Å². The first kappa shape index (κ1) is 8.45. The lowest BCUT2D eigenvalue weighted by Gasteiger charge is -2.07. The number of rotatable bonds is 1. The molecule has 0 aliphatic heterocycles. The molecule has 0 spiro atoms. The van der Waals surface area contributed by atoms with Gasteiger partial charge in [0, 0.05) is 14.1 Å². The Morgan fingerprint density at radius 1 is 1.42 bits per heavy atom. The Morgan fingerprint density at radius 3 is 2.33 bits per heavy atom. The molecule has 1 aromatic heterocycles. The minimum absolute atomic E-state index is 0.161. The average molecular weight is 166 g/mol. The van der Waals surface area contributed by atoms with E-state index in [1.807, 2.05) is 0 Å². The molecule has 0 aromatic carbocycles. The molecule has 5 nitrogen and oxygen atoms in total. The first-order chi connectivity index (χ1) is 5.61. The van der Waals surface area contributed by atoms with Crippen LogP contribution in [0.25, 0.3) is 0 Å². The van der Waals surface area contributed by atoms with E-state index in [4.69, 9.17) is 5.73 Å². The fourth-order valence-electron chi connectivity index (χ4n) is 0.648. The van der Waals surface area contributed by atoms with Crippen LogP contribution in [-0.4, -0.2) is 34.9 Å². The van der Waals surface area contributed by atoms with Crippen LogP contribution in [0.4, 0.5) is 5.69 Å². The van der Waals surface area contributed by atoms with Crippen LogP contribution in [0.5, 0.6) is 0 Å². The van der Waals surface area contributed by atoms with Crippen molar-refractivity contribution in [2.45, 2.75) is 0 Å².